The quantitative estimate of drug-likeness (QED) is 0.841. The molecule has 4 heteroatoms. The van der Waals surface area contributed by atoms with Crippen molar-refractivity contribution in [3.63, 3.8) is 0 Å². The number of pyridine rings is 1. The minimum atomic E-state index is -0.488. The average Bonchev–Trinajstić information content (AvgIpc) is 2.36. The van der Waals surface area contributed by atoms with Crippen LogP contribution in [0.5, 0.6) is 0 Å². The standard InChI is InChI=1S/C17H24N2O2/c1-6-12(2)13-11-19(16(20)21-17(3,4)5)15(13)14-9-7-8-10-18-14/h7-10,12H,6,11H2,1-5H3. The number of hydrogen-bond donors (Lipinski definition) is 0. The van der Waals surface area contributed by atoms with Crippen LogP contribution in [-0.2, 0) is 4.74 Å². The molecule has 1 aliphatic rings. The van der Waals surface area contributed by atoms with E-state index in [4.69, 9.17) is 4.74 Å². The second kappa shape index (κ2) is 5.88. The summed E-state index contributed by atoms with van der Waals surface area (Å²) >= 11 is 0. The molecule has 0 N–H and O–H groups in total. The Hall–Kier alpha value is -1.84. The number of carbonyl (C=O) groups is 1. The SMILES string of the molecule is CCC(C)C1=C(c2ccccn2)N(C(=O)OC(C)(C)C)C1. The van der Waals surface area contributed by atoms with Crippen LogP contribution < -0.4 is 0 Å². The second-order valence-corrected chi connectivity index (χ2v) is 6.46. The lowest BCUT2D eigenvalue weighted by Gasteiger charge is -2.39. The molecule has 1 aromatic heterocycles. The van der Waals surface area contributed by atoms with E-state index in [-0.39, 0.29) is 6.09 Å². The van der Waals surface area contributed by atoms with E-state index in [1.165, 1.54) is 5.57 Å². The van der Waals surface area contributed by atoms with E-state index in [2.05, 4.69) is 18.8 Å². The predicted molar refractivity (Wildman–Crippen MR) is 83.6 cm³/mol. The zero-order chi connectivity index (χ0) is 15.6. The highest BCUT2D eigenvalue weighted by atomic mass is 16.6. The lowest BCUT2D eigenvalue weighted by molar-refractivity contribution is 0.0334. The number of ether oxygens (including phenoxy) is 1. The molecule has 114 valence electrons. The van der Waals surface area contributed by atoms with Crippen LogP contribution >= 0.6 is 0 Å². The first kappa shape index (κ1) is 15.5. The molecule has 0 saturated heterocycles. The molecular weight excluding hydrogens is 264 g/mol. The van der Waals surface area contributed by atoms with Crippen molar-refractivity contribution in [1.82, 2.24) is 9.88 Å². The first-order chi connectivity index (χ1) is 9.83. The first-order valence-electron chi connectivity index (χ1n) is 7.48. The summed E-state index contributed by atoms with van der Waals surface area (Å²) in [7, 11) is 0. The highest BCUT2D eigenvalue weighted by molar-refractivity contribution is 5.87. The molecule has 0 radical (unpaired) electrons. The minimum Gasteiger partial charge on any atom is -0.443 e. The van der Waals surface area contributed by atoms with Gasteiger partial charge in [0.2, 0.25) is 0 Å². The summed E-state index contributed by atoms with van der Waals surface area (Å²) in [4.78, 5) is 18.4. The molecule has 1 atom stereocenters. The predicted octanol–water partition coefficient (Wildman–Crippen LogP) is 4.09. The molecule has 1 amide bonds. The third-order valence-corrected chi connectivity index (χ3v) is 3.63. The number of rotatable bonds is 3. The summed E-state index contributed by atoms with van der Waals surface area (Å²) in [5.41, 5.74) is 2.55. The summed E-state index contributed by atoms with van der Waals surface area (Å²) in [6.07, 6.45) is 2.51. The van der Waals surface area contributed by atoms with Gasteiger partial charge in [-0.3, -0.25) is 9.88 Å². The van der Waals surface area contributed by atoms with Crippen molar-refractivity contribution in [3.05, 3.63) is 35.7 Å². The maximum Gasteiger partial charge on any atom is 0.415 e. The van der Waals surface area contributed by atoms with Crippen LogP contribution in [0.3, 0.4) is 0 Å². The van der Waals surface area contributed by atoms with E-state index in [1.807, 2.05) is 39.0 Å². The summed E-state index contributed by atoms with van der Waals surface area (Å²) in [6.45, 7) is 10.6. The van der Waals surface area contributed by atoms with Gasteiger partial charge < -0.3 is 4.74 Å². The lowest BCUT2D eigenvalue weighted by atomic mass is 9.89. The van der Waals surface area contributed by atoms with Crippen LogP contribution in [-0.4, -0.2) is 28.1 Å². The Morgan fingerprint density at radius 1 is 1.43 bits per heavy atom. The normalized spacial score (nSPS) is 16.5. The van der Waals surface area contributed by atoms with E-state index in [0.717, 1.165) is 17.8 Å². The molecule has 1 aliphatic heterocycles. The van der Waals surface area contributed by atoms with E-state index < -0.39 is 5.60 Å². The molecule has 1 aromatic rings. The molecule has 21 heavy (non-hydrogen) atoms. The molecular formula is C17H24N2O2. The Morgan fingerprint density at radius 2 is 2.14 bits per heavy atom. The average molecular weight is 288 g/mol. The Kier molecular flexibility index (Phi) is 4.35. The summed E-state index contributed by atoms with van der Waals surface area (Å²) in [6, 6.07) is 5.76. The topological polar surface area (TPSA) is 42.4 Å². The number of amides is 1. The Labute approximate surface area is 126 Å². The van der Waals surface area contributed by atoms with Crippen molar-refractivity contribution in [1.29, 1.82) is 0 Å². The fourth-order valence-corrected chi connectivity index (χ4v) is 2.32. The molecule has 0 fully saturated rings. The first-order valence-corrected chi connectivity index (χ1v) is 7.48. The van der Waals surface area contributed by atoms with Gasteiger partial charge in [-0.05, 0) is 50.8 Å². The number of carbonyl (C=O) groups excluding carboxylic acids is 1. The molecule has 1 unspecified atom stereocenters. The summed E-state index contributed by atoms with van der Waals surface area (Å²) < 4.78 is 5.48. The van der Waals surface area contributed by atoms with Gasteiger partial charge in [-0.15, -0.1) is 0 Å². The van der Waals surface area contributed by atoms with Crippen LogP contribution in [0.25, 0.3) is 5.70 Å². The highest BCUT2D eigenvalue weighted by Gasteiger charge is 2.37. The van der Waals surface area contributed by atoms with E-state index >= 15 is 0 Å². The fourth-order valence-electron chi connectivity index (χ4n) is 2.32. The summed E-state index contributed by atoms with van der Waals surface area (Å²) in [5.74, 6) is 0.445. The number of nitrogens with zero attached hydrogens (tertiary/aromatic N) is 2. The second-order valence-electron chi connectivity index (χ2n) is 6.46. The van der Waals surface area contributed by atoms with E-state index in [0.29, 0.717) is 12.5 Å². The molecule has 0 spiro atoms. The van der Waals surface area contributed by atoms with Crippen LogP contribution in [0, 0.1) is 5.92 Å². The third-order valence-electron chi connectivity index (χ3n) is 3.63. The van der Waals surface area contributed by atoms with Gasteiger partial charge in [0.1, 0.15) is 5.60 Å². The third kappa shape index (κ3) is 3.43. The van der Waals surface area contributed by atoms with Gasteiger partial charge in [-0.1, -0.05) is 19.9 Å². The molecule has 2 rings (SSSR count). The van der Waals surface area contributed by atoms with Crippen molar-refractivity contribution >= 4 is 11.8 Å². The number of aromatic nitrogens is 1. The van der Waals surface area contributed by atoms with Crippen LogP contribution in [0.2, 0.25) is 0 Å². The van der Waals surface area contributed by atoms with Crippen LogP contribution in [0.15, 0.2) is 30.0 Å². The maximum absolute atomic E-state index is 12.3. The molecule has 0 aliphatic carbocycles. The maximum atomic E-state index is 12.3. The largest absolute Gasteiger partial charge is 0.443 e. The van der Waals surface area contributed by atoms with Gasteiger partial charge in [-0.2, -0.15) is 0 Å². The van der Waals surface area contributed by atoms with Crippen molar-refractivity contribution in [2.24, 2.45) is 5.92 Å². The Bertz CT molecular complexity index is 544. The monoisotopic (exact) mass is 288 g/mol. The summed E-state index contributed by atoms with van der Waals surface area (Å²) in [5, 5.41) is 0. The van der Waals surface area contributed by atoms with E-state index in [9.17, 15) is 4.79 Å². The molecule has 2 heterocycles. The smallest absolute Gasteiger partial charge is 0.415 e. The van der Waals surface area contributed by atoms with Gasteiger partial charge in [-0.25, -0.2) is 4.79 Å². The molecule has 0 bridgehead atoms. The van der Waals surface area contributed by atoms with Crippen molar-refractivity contribution in [2.45, 2.75) is 46.6 Å². The molecule has 0 saturated carbocycles. The van der Waals surface area contributed by atoms with Crippen LogP contribution in [0.4, 0.5) is 4.79 Å². The van der Waals surface area contributed by atoms with Crippen molar-refractivity contribution < 1.29 is 9.53 Å². The molecule has 4 nitrogen and oxygen atoms in total. The molecule has 0 aromatic carbocycles. The highest BCUT2D eigenvalue weighted by Crippen LogP contribution is 2.37. The van der Waals surface area contributed by atoms with Crippen molar-refractivity contribution in [2.75, 3.05) is 6.54 Å². The number of hydrogen-bond acceptors (Lipinski definition) is 3. The zero-order valence-corrected chi connectivity index (χ0v) is 13.5. The Morgan fingerprint density at radius 3 is 2.67 bits per heavy atom. The van der Waals surface area contributed by atoms with Gasteiger partial charge in [0.15, 0.2) is 0 Å². The zero-order valence-electron chi connectivity index (χ0n) is 13.5. The lowest BCUT2D eigenvalue weighted by Crippen LogP contribution is -2.44. The minimum absolute atomic E-state index is 0.296. The van der Waals surface area contributed by atoms with Crippen LogP contribution in [0.1, 0.15) is 46.7 Å². The van der Waals surface area contributed by atoms with Gasteiger partial charge in [0, 0.05) is 6.20 Å². The van der Waals surface area contributed by atoms with Gasteiger partial charge >= 0.3 is 6.09 Å². The van der Waals surface area contributed by atoms with Crippen molar-refractivity contribution in [3.8, 4) is 0 Å². The van der Waals surface area contributed by atoms with Gasteiger partial charge in [0.25, 0.3) is 0 Å². The van der Waals surface area contributed by atoms with E-state index in [1.54, 1.807) is 11.1 Å². The van der Waals surface area contributed by atoms with Gasteiger partial charge in [0.05, 0.1) is 17.9 Å². The Balaban J connectivity index is 2.30. The fraction of sp³-hybridized carbons (Fsp3) is 0.529.